The standard InChI is InChI=1S/C25H22N2O2/c1-18-22(26-25(29-18)21-15-9-4-10-16-21)17-23(28)27-24(19-11-5-2-6-12-19)20-13-7-3-8-14-20/h2-16,24H,17H2,1H3,(H,27,28). The molecule has 0 radical (unpaired) electrons. The van der Waals surface area contributed by atoms with Crippen molar-refractivity contribution < 1.29 is 9.21 Å². The number of aryl methyl sites for hydroxylation is 1. The van der Waals surface area contributed by atoms with Gasteiger partial charge in [-0.25, -0.2) is 4.98 Å². The molecule has 1 N–H and O–H groups in total. The maximum Gasteiger partial charge on any atom is 0.226 e. The summed E-state index contributed by atoms with van der Waals surface area (Å²) in [6, 6.07) is 29.4. The van der Waals surface area contributed by atoms with Gasteiger partial charge in [0.05, 0.1) is 18.2 Å². The van der Waals surface area contributed by atoms with E-state index in [1.807, 2.05) is 97.9 Å². The molecule has 0 saturated carbocycles. The quantitative estimate of drug-likeness (QED) is 0.505. The molecule has 1 aromatic heterocycles. The van der Waals surface area contributed by atoms with Gasteiger partial charge in [0.2, 0.25) is 11.8 Å². The van der Waals surface area contributed by atoms with Gasteiger partial charge in [0.1, 0.15) is 5.76 Å². The molecule has 0 bridgehead atoms. The Kier molecular flexibility index (Phi) is 5.52. The van der Waals surface area contributed by atoms with Gasteiger partial charge in [-0.05, 0) is 30.2 Å². The normalized spacial score (nSPS) is 10.8. The van der Waals surface area contributed by atoms with E-state index < -0.39 is 0 Å². The van der Waals surface area contributed by atoms with E-state index in [0.717, 1.165) is 16.7 Å². The van der Waals surface area contributed by atoms with Crippen molar-refractivity contribution >= 4 is 5.91 Å². The summed E-state index contributed by atoms with van der Waals surface area (Å²) in [6.07, 6.45) is 0.165. The van der Waals surface area contributed by atoms with Crippen LogP contribution in [0.15, 0.2) is 95.4 Å². The molecule has 4 rings (SSSR count). The summed E-state index contributed by atoms with van der Waals surface area (Å²) in [5.74, 6) is 1.10. The summed E-state index contributed by atoms with van der Waals surface area (Å²) in [5, 5.41) is 3.15. The fourth-order valence-electron chi connectivity index (χ4n) is 3.31. The zero-order valence-electron chi connectivity index (χ0n) is 16.2. The molecule has 0 saturated heterocycles. The molecule has 0 atom stereocenters. The maximum atomic E-state index is 12.9. The fraction of sp³-hybridized carbons (Fsp3) is 0.120. The molecule has 0 aliphatic carbocycles. The Labute approximate surface area is 170 Å². The number of nitrogens with zero attached hydrogens (tertiary/aromatic N) is 1. The van der Waals surface area contributed by atoms with Crippen LogP contribution in [-0.4, -0.2) is 10.9 Å². The van der Waals surface area contributed by atoms with E-state index in [-0.39, 0.29) is 18.4 Å². The summed E-state index contributed by atoms with van der Waals surface area (Å²) in [5.41, 5.74) is 3.62. The Morgan fingerprint density at radius 2 is 1.38 bits per heavy atom. The fourth-order valence-corrected chi connectivity index (χ4v) is 3.31. The second-order valence-corrected chi connectivity index (χ2v) is 6.89. The van der Waals surface area contributed by atoms with Crippen LogP contribution >= 0.6 is 0 Å². The van der Waals surface area contributed by atoms with Crippen molar-refractivity contribution in [1.82, 2.24) is 10.3 Å². The molecule has 3 aromatic carbocycles. The average Bonchev–Trinajstić information content (AvgIpc) is 3.14. The largest absolute Gasteiger partial charge is 0.441 e. The summed E-state index contributed by atoms with van der Waals surface area (Å²) < 4.78 is 5.78. The molecule has 0 spiro atoms. The molecule has 0 aliphatic heterocycles. The van der Waals surface area contributed by atoms with Gasteiger partial charge in [0.15, 0.2) is 0 Å². The lowest BCUT2D eigenvalue weighted by atomic mass is 9.98. The van der Waals surface area contributed by atoms with E-state index in [1.54, 1.807) is 0 Å². The van der Waals surface area contributed by atoms with Gasteiger partial charge in [-0.1, -0.05) is 78.9 Å². The number of nitrogens with one attached hydrogen (secondary N) is 1. The Morgan fingerprint density at radius 1 is 0.862 bits per heavy atom. The van der Waals surface area contributed by atoms with Crippen molar-refractivity contribution in [3.05, 3.63) is 114 Å². The van der Waals surface area contributed by atoms with E-state index >= 15 is 0 Å². The van der Waals surface area contributed by atoms with E-state index in [0.29, 0.717) is 17.3 Å². The predicted octanol–water partition coefficient (Wildman–Crippen LogP) is 5.10. The second kappa shape index (κ2) is 8.57. The number of amides is 1. The Hall–Kier alpha value is -3.66. The molecular weight excluding hydrogens is 360 g/mol. The third-order valence-electron chi connectivity index (χ3n) is 4.81. The highest BCUT2D eigenvalue weighted by molar-refractivity contribution is 5.79. The van der Waals surface area contributed by atoms with Crippen molar-refractivity contribution in [2.45, 2.75) is 19.4 Å². The number of carbonyl (C=O) groups is 1. The first-order valence-electron chi connectivity index (χ1n) is 9.61. The van der Waals surface area contributed by atoms with E-state index in [2.05, 4.69) is 10.3 Å². The minimum absolute atomic E-state index is 0.0984. The summed E-state index contributed by atoms with van der Waals surface area (Å²) in [4.78, 5) is 17.4. The first-order chi connectivity index (χ1) is 14.2. The van der Waals surface area contributed by atoms with Gasteiger partial charge in [-0.15, -0.1) is 0 Å². The van der Waals surface area contributed by atoms with E-state index in [4.69, 9.17) is 4.42 Å². The van der Waals surface area contributed by atoms with Gasteiger partial charge >= 0.3 is 0 Å². The third kappa shape index (κ3) is 4.43. The van der Waals surface area contributed by atoms with Crippen LogP contribution in [0.1, 0.15) is 28.6 Å². The van der Waals surface area contributed by atoms with E-state index in [9.17, 15) is 4.79 Å². The SMILES string of the molecule is Cc1oc(-c2ccccc2)nc1CC(=O)NC(c1ccccc1)c1ccccc1. The first-order valence-corrected chi connectivity index (χ1v) is 9.61. The molecule has 1 heterocycles. The summed E-state index contributed by atoms with van der Waals surface area (Å²) in [7, 11) is 0. The van der Waals surface area contributed by atoms with Crippen LogP contribution in [0.3, 0.4) is 0 Å². The Bertz CT molecular complexity index is 1030. The minimum atomic E-state index is -0.217. The molecule has 4 aromatic rings. The van der Waals surface area contributed by atoms with Crippen molar-refractivity contribution in [2.24, 2.45) is 0 Å². The maximum absolute atomic E-state index is 12.9. The highest BCUT2D eigenvalue weighted by atomic mass is 16.4. The monoisotopic (exact) mass is 382 g/mol. The first kappa shape index (κ1) is 18.7. The molecule has 4 heteroatoms. The lowest BCUT2D eigenvalue weighted by Gasteiger charge is -2.19. The molecule has 4 nitrogen and oxygen atoms in total. The van der Waals surface area contributed by atoms with Gasteiger partial charge in [0, 0.05) is 5.56 Å². The van der Waals surface area contributed by atoms with Crippen LogP contribution in [0, 0.1) is 6.92 Å². The lowest BCUT2D eigenvalue weighted by molar-refractivity contribution is -0.121. The average molecular weight is 382 g/mol. The number of oxazole rings is 1. The summed E-state index contributed by atoms with van der Waals surface area (Å²) in [6.45, 7) is 1.84. The predicted molar refractivity (Wildman–Crippen MR) is 113 cm³/mol. The van der Waals surface area contributed by atoms with Crippen LogP contribution in [0.25, 0.3) is 11.5 Å². The lowest BCUT2D eigenvalue weighted by Crippen LogP contribution is -2.30. The molecule has 0 aliphatic rings. The number of carbonyl (C=O) groups excluding carboxylic acids is 1. The number of hydrogen-bond acceptors (Lipinski definition) is 3. The smallest absolute Gasteiger partial charge is 0.226 e. The topological polar surface area (TPSA) is 55.1 Å². The van der Waals surface area contributed by atoms with Crippen LogP contribution in [0.2, 0.25) is 0 Å². The number of hydrogen-bond donors (Lipinski definition) is 1. The Balaban J connectivity index is 1.54. The molecular formula is C25H22N2O2. The molecule has 0 unspecified atom stereocenters. The molecule has 1 amide bonds. The summed E-state index contributed by atoms with van der Waals surface area (Å²) >= 11 is 0. The number of aromatic nitrogens is 1. The van der Waals surface area contributed by atoms with Gasteiger partial charge < -0.3 is 9.73 Å². The van der Waals surface area contributed by atoms with Crippen molar-refractivity contribution in [2.75, 3.05) is 0 Å². The van der Waals surface area contributed by atoms with Gasteiger partial charge in [-0.3, -0.25) is 4.79 Å². The van der Waals surface area contributed by atoms with Crippen LogP contribution in [0.5, 0.6) is 0 Å². The van der Waals surface area contributed by atoms with Crippen LogP contribution in [0.4, 0.5) is 0 Å². The number of benzene rings is 3. The minimum Gasteiger partial charge on any atom is -0.441 e. The molecule has 29 heavy (non-hydrogen) atoms. The number of rotatable bonds is 6. The zero-order chi connectivity index (χ0) is 20.1. The van der Waals surface area contributed by atoms with Crippen molar-refractivity contribution in [1.29, 1.82) is 0 Å². The Morgan fingerprint density at radius 3 is 1.93 bits per heavy atom. The van der Waals surface area contributed by atoms with Crippen LogP contribution < -0.4 is 5.32 Å². The zero-order valence-corrected chi connectivity index (χ0v) is 16.2. The van der Waals surface area contributed by atoms with Gasteiger partial charge in [-0.2, -0.15) is 0 Å². The third-order valence-corrected chi connectivity index (χ3v) is 4.81. The van der Waals surface area contributed by atoms with Crippen molar-refractivity contribution in [3.63, 3.8) is 0 Å². The molecule has 144 valence electrons. The molecule has 0 fully saturated rings. The van der Waals surface area contributed by atoms with Crippen molar-refractivity contribution in [3.8, 4) is 11.5 Å². The van der Waals surface area contributed by atoms with E-state index in [1.165, 1.54) is 0 Å². The van der Waals surface area contributed by atoms with Gasteiger partial charge in [0.25, 0.3) is 0 Å². The highest BCUT2D eigenvalue weighted by Gasteiger charge is 2.19. The van der Waals surface area contributed by atoms with Crippen LogP contribution in [-0.2, 0) is 11.2 Å². The highest BCUT2D eigenvalue weighted by Crippen LogP contribution is 2.24. The second-order valence-electron chi connectivity index (χ2n) is 6.89.